The van der Waals surface area contributed by atoms with Gasteiger partial charge in [-0.1, -0.05) is 13.0 Å². The summed E-state index contributed by atoms with van der Waals surface area (Å²) < 4.78 is 19.3. The molecule has 2 N–H and O–H groups in total. The van der Waals surface area contributed by atoms with Crippen LogP contribution in [-0.4, -0.2) is 15.9 Å². The average Bonchev–Trinajstić information content (AvgIpc) is 3.38. The smallest absolute Gasteiger partial charge is 0.248 e. The van der Waals surface area contributed by atoms with Crippen molar-refractivity contribution in [1.82, 2.24) is 9.97 Å². The second-order valence-corrected chi connectivity index (χ2v) is 8.99. The summed E-state index contributed by atoms with van der Waals surface area (Å²) in [5, 5.41) is 0.907. The summed E-state index contributed by atoms with van der Waals surface area (Å²) >= 11 is 0. The number of rotatable bonds is 5. The predicted molar refractivity (Wildman–Crippen MR) is 125 cm³/mol. The van der Waals surface area contributed by atoms with Gasteiger partial charge in [-0.15, -0.1) is 0 Å². The Bertz CT molecular complexity index is 1290. The molecule has 0 bridgehead atoms. The van der Waals surface area contributed by atoms with Gasteiger partial charge in [0.25, 0.3) is 0 Å². The molecule has 1 amide bonds. The number of nitrogens with two attached hydrogens (primary N) is 1. The third-order valence-corrected chi connectivity index (χ3v) is 7.18. The van der Waals surface area contributed by atoms with Crippen molar-refractivity contribution in [3.63, 3.8) is 0 Å². The molecular formula is C27H26FN3O2. The van der Waals surface area contributed by atoms with Crippen LogP contribution in [0.5, 0.6) is 0 Å². The van der Waals surface area contributed by atoms with Crippen LogP contribution in [0.1, 0.15) is 65.9 Å². The van der Waals surface area contributed by atoms with Crippen LogP contribution in [-0.2, 0) is 0 Å². The molecule has 33 heavy (non-hydrogen) atoms. The monoisotopic (exact) mass is 443 g/mol. The standard InChI is InChI=1S/C27H26FN3O2/c1-16(23-12-19(26-14-30-15-33-26)6-8-22(23)27(29)32)17-2-4-18(5-3-17)21-10-11-31-25-9-7-20(28)13-24(21)25/h6-18H,2-5H2,1H3,(H2,29,32)/t16-,17?,18?/m1/s1. The Kier molecular flexibility index (Phi) is 5.67. The topological polar surface area (TPSA) is 82.0 Å². The Morgan fingerprint density at radius 1 is 1.12 bits per heavy atom. The zero-order valence-electron chi connectivity index (χ0n) is 18.5. The highest BCUT2D eigenvalue weighted by Crippen LogP contribution is 2.44. The molecule has 5 nitrogen and oxygen atoms in total. The van der Waals surface area contributed by atoms with E-state index in [1.807, 2.05) is 24.4 Å². The normalized spacial score (nSPS) is 19.5. The van der Waals surface area contributed by atoms with Gasteiger partial charge in [-0.3, -0.25) is 9.78 Å². The number of amides is 1. The van der Waals surface area contributed by atoms with Crippen LogP contribution in [0.2, 0.25) is 0 Å². The molecule has 1 aliphatic carbocycles. The predicted octanol–water partition coefficient (Wildman–Crippen LogP) is 6.21. The van der Waals surface area contributed by atoms with Crippen LogP contribution in [0.25, 0.3) is 22.2 Å². The number of nitrogens with zero attached hydrogens (tertiary/aromatic N) is 2. The molecule has 2 heterocycles. The SMILES string of the molecule is C[C@@H](c1cc(-c2cnco2)ccc1C(N)=O)C1CCC(c2ccnc3ccc(F)cc23)CC1. The highest BCUT2D eigenvalue weighted by molar-refractivity contribution is 5.95. The number of carbonyl (C=O) groups excluding carboxylic acids is 1. The highest BCUT2D eigenvalue weighted by Gasteiger charge is 2.29. The number of pyridine rings is 1. The number of halogens is 1. The minimum atomic E-state index is -0.417. The minimum absolute atomic E-state index is 0.169. The maximum Gasteiger partial charge on any atom is 0.248 e. The Morgan fingerprint density at radius 3 is 2.67 bits per heavy atom. The maximum absolute atomic E-state index is 13.9. The van der Waals surface area contributed by atoms with Crippen LogP contribution < -0.4 is 5.73 Å². The molecule has 4 aromatic rings. The van der Waals surface area contributed by atoms with E-state index < -0.39 is 5.91 Å². The number of benzene rings is 2. The number of hydrogen-bond acceptors (Lipinski definition) is 4. The third-order valence-electron chi connectivity index (χ3n) is 7.18. The van der Waals surface area contributed by atoms with Gasteiger partial charge in [0.15, 0.2) is 12.2 Å². The lowest BCUT2D eigenvalue weighted by atomic mass is 9.71. The van der Waals surface area contributed by atoms with Gasteiger partial charge in [0.1, 0.15) is 5.82 Å². The van der Waals surface area contributed by atoms with E-state index in [4.69, 9.17) is 10.2 Å². The molecule has 0 spiro atoms. The second-order valence-electron chi connectivity index (χ2n) is 8.99. The molecule has 0 saturated heterocycles. The van der Waals surface area contributed by atoms with Crippen LogP contribution in [0, 0.1) is 11.7 Å². The van der Waals surface area contributed by atoms with E-state index in [0.717, 1.165) is 47.7 Å². The number of hydrogen-bond donors (Lipinski definition) is 1. The quantitative estimate of drug-likeness (QED) is 0.398. The third kappa shape index (κ3) is 4.13. The van der Waals surface area contributed by atoms with Crippen molar-refractivity contribution in [2.45, 2.75) is 44.4 Å². The van der Waals surface area contributed by atoms with E-state index in [0.29, 0.717) is 23.2 Å². The zero-order valence-corrected chi connectivity index (χ0v) is 18.5. The van der Waals surface area contributed by atoms with Gasteiger partial charge in [0.2, 0.25) is 5.91 Å². The average molecular weight is 444 g/mol. The van der Waals surface area contributed by atoms with Crippen molar-refractivity contribution < 1.29 is 13.6 Å². The van der Waals surface area contributed by atoms with Gasteiger partial charge in [-0.25, -0.2) is 9.37 Å². The zero-order chi connectivity index (χ0) is 22.9. The molecule has 0 radical (unpaired) electrons. The van der Waals surface area contributed by atoms with Crippen LogP contribution >= 0.6 is 0 Å². The summed E-state index contributed by atoms with van der Waals surface area (Å²) in [5.41, 5.74) is 10.1. The second kappa shape index (κ2) is 8.77. The number of oxazole rings is 1. The molecule has 0 aliphatic heterocycles. The summed E-state index contributed by atoms with van der Waals surface area (Å²) in [6, 6.07) is 12.5. The lowest BCUT2D eigenvalue weighted by Crippen LogP contribution is -2.22. The number of primary amides is 1. The van der Waals surface area contributed by atoms with Gasteiger partial charge < -0.3 is 10.2 Å². The Balaban J connectivity index is 1.38. The summed E-state index contributed by atoms with van der Waals surface area (Å²) in [6.07, 6.45) is 8.96. The summed E-state index contributed by atoms with van der Waals surface area (Å²) in [7, 11) is 0. The van der Waals surface area contributed by atoms with Crippen molar-refractivity contribution in [1.29, 1.82) is 0 Å². The molecule has 6 heteroatoms. The van der Waals surface area contributed by atoms with E-state index in [1.54, 1.807) is 24.4 Å². The first kappa shape index (κ1) is 21.3. The molecule has 0 unspecified atom stereocenters. The van der Waals surface area contributed by atoms with Crippen molar-refractivity contribution >= 4 is 16.8 Å². The van der Waals surface area contributed by atoms with E-state index in [1.165, 1.54) is 18.0 Å². The van der Waals surface area contributed by atoms with Gasteiger partial charge in [0.05, 0.1) is 11.7 Å². The number of aromatic nitrogens is 2. The lowest BCUT2D eigenvalue weighted by molar-refractivity contribution is 0.0998. The Hall–Kier alpha value is -3.54. The first-order chi connectivity index (χ1) is 16.0. The minimum Gasteiger partial charge on any atom is -0.444 e. The van der Waals surface area contributed by atoms with E-state index in [-0.39, 0.29) is 11.7 Å². The van der Waals surface area contributed by atoms with Crippen molar-refractivity contribution in [2.24, 2.45) is 11.7 Å². The molecule has 5 rings (SSSR count). The van der Waals surface area contributed by atoms with Gasteiger partial charge in [-0.05, 0) is 91.0 Å². The fourth-order valence-electron chi connectivity index (χ4n) is 5.36. The van der Waals surface area contributed by atoms with Crippen LogP contribution in [0.3, 0.4) is 0 Å². The summed E-state index contributed by atoms with van der Waals surface area (Å²) in [4.78, 5) is 20.5. The van der Waals surface area contributed by atoms with Crippen molar-refractivity contribution in [3.8, 4) is 11.3 Å². The molecule has 1 atom stereocenters. The van der Waals surface area contributed by atoms with E-state index in [9.17, 15) is 9.18 Å². The van der Waals surface area contributed by atoms with Gasteiger partial charge >= 0.3 is 0 Å². The molecule has 1 fully saturated rings. The molecule has 1 saturated carbocycles. The molecule has 2 aromatic carbocycles. The van der Waals surface area contributed by atoms with Crippen molar-refractivity contribution in [2.75, 3.05) is 0 Å². The summed E-state index contributed by atoms with van der Waals surface area (Å²) in [5.74, 6) is 0.985. The first-order valence-electron chi connectivity index (χ1n) is 11.4. The number of fused-ring (bicyclic) bond motifs is 1. The van der Waals surface area contributed by atoms with Gasteiger partial charge in [-0.2, -0.15) is 0 Å². The van der Waals surface area contributed by atoms with Crippen LogP contribution in [0.4, 0.5) is 4.39 Å². The maximum atomic E-state index is 13.9. The Morgan fingerprint density at radius 2 is 1.94 bits per heavy atom. The molecular weight excluding hydrogens is 417 g/mol. The van der Waals surface area contributed by atoms with E-state index >= 15 is 0 Å². The number of carbonyl (C=O) groups is 1. The largest absolute Gasteiger partial charge is 0.444 e. The Labute approximate surface area is 191 Å². The first-order valence-corrected chi connectivity index (χ1v) is 11.4. The highest BCUT2D eigenvalue weighted by atomic mass is 19.1. The van der Waals surface area contributed by atoms with Crippen molar-refractivity contribution in [3.05, 3.63) is 83.8 Å². The molecule has 1 aliphatic rings. The summed E-state index contributed by atoms with van der Waals surface area (Å²) in [6.45, 7) is 2.17. The molecule has 2 aromatic heterocycles. The lowest BCUT2D eigenvalue weighted by Gasteiger charge is -2.33. The fourth-order valence-corrected chi connectivity index (χ4v) is 5.36. The van der Waals surface area contributed by atoms with Crippen LogP contribution in [0.15, 0.2) is 65.7 Å². The molecule has 168 valence electrons. The van der Waals surface area contributed by atoms with E-state index in [2.05, 4.69) is 16.9 Å². The van der Waals surface area contributed by atoms with Gasteiger partial charge in [0, 0.05) is 22.7 Å². The fraction of sp³-hybridized carbons (Fsp3) is 0.296.